The third kappa shape index (κ3) is 3.46. The molecule has 0 radical (unpaired) electrons. The van der Waals surface area contributed by atoms with Gasteiger partial charge in [0, 0.05) is 17.4 Å². The molecule has 1 aromatic carbocycles. The molecule has 0 spiro atoms. The molecule has 1 aliphatic heterocycles. The third-order valence-electron chi connectivity index (χ3n) is 6.17. The predicted octanol–water partition coefficient (Wildman–Crippen LogP) is 5.23. The van der Waals surface area contributed by atoms with Gasteiger partial charge in [-0.2, -0.15) is 0 Å². The second-order valence-corrected chi connectivity index (χ2v) is 9.08. The van der Waals surface area contributed by atoms with Crippen LogP contribution in [0.4, 0.5) is 0 Å². The van der Waals surface area contributed by atoms with E-state index in [2.05, 4.69) is 26.8 Å². The zero-order valence-electron chi connectivity index (χ0n) is 17.4. The lowest BCUT2D eigenvalue weighted by molar-refractivity contribution is -0.149. The monoisotopic (exact) mass is 372 g/mol. The predicted molar refractivity (Wildman–Crippen MR) is 106 cm³/mol. The molecule has 0 unspecified atom stereocenters. The number of hydrogen-bond donors (Lipinski definition) is 1. The lowest BCUT2D eigenvalue weighted by Gasteiger charge is -2.47. The van der Waals surface area contributed by atoms with E-state index in [-0.39, 0.29) is 23.2 Å². The number of benzene rings is 1. The van der Waals surface area contributed by atoms with Crippen LogP contribution in [0.2, 0.25) is 0 Å². The first-order chi connectivity index (χ1) is 12.6. The van der Waals surface area contributed by atoms with Gasteiger partial charge in [-0.05, 0) is 71.6 Å². The van der Waals surface area contributed by atoms with Crippen molar-refractivity contribution in [1.29, 1.82) is 0 Å². The number of hydrogen-bond acceptors (Lipinski definition) is 4. The summed E-state index contributed by atoms with van der Waals surface area (Å²) in [6.45, 7) is 12.4. The van der Waals surface area contributed by atoms with Crippen molar-refractivity contribution < 1.29 is 19.4 Å². The Bertz CT molecular complexity index is 773. The first-order valence-corrected chi connectivity index (χ1v) is 9.97. The van der Waals surface area contributed by atoms with Gasteiger partial charge >= 0.3 is 5.97 Å². The number of phenolic OH excluding ortho intramolecular Hbond substituents is 1. The van der Waals surface area contributed by atoms with Crippen LogP contribution in [0.5, 0.6) is 11.5 Å². The zero-order chi connectivity index (χ0) is 20.0. The maximum absolute atomic E-state index is 12.5. The number of fused-ring (bicyclic) bond motifs is 3. The standard InChI is InChI=1S/C23H32O4/c1-7-10-26-21(25)22(3,4)15-12-18(24)20-16-11-14(2)8-9-17(16)23(5,6)27-19(20)13-15/h8,12-13,16-17,24H,7,9-11H2,1-6H3/t16-,17-/m1/s1. The Labute approximate surface area is 162 Å². The number of ether oxygens (including phenoxy) is 2. The number of esters is 1. The van der Waals surface area contributed by atoms with Crippen molar-refractivity contribution in [2.45, 2.75) is 77.7 Å². The lowest BCUT2D eigenvalue weighted by Crippen LogP contribution is -2.45. The SMILES string of the molecule is CCCOC(=O)C(C)(C)c1cc(O)c2c(c1)OC(C)(C)[C@@H]1CC=C(C)C[C@@H]21. The Morgan fingerprint density at radius 2 is 2.07 bits per heavy atom. The Balaban J connectivity index is 2.04. The minimum Gasteiger partial charge on any atom is -0.508 e. The van der Waals surface area contributed by atoms with Gasteiger partial charge in [-0.3, -0.25) is 4.79 Å². The van der Waals surface area contributed by atoms with Crippen LogP contribution in [0.15, 0.2) is 23.8 Å². The van der Waals surface area contributed by atoms with E-state index in [0.29, 0.717) is 18.3 Å². The van der Waals surface area contributed by atoms with Gasteiger partial charge in [0.2, 0.25) is 0 Å². The van der Waals surface area contributed by atoms with Crippen molar-refractivity contribution >= 4 is 5.97 Å². The van der Waals surface area contributed by atoms with Crippen LogP contribution in [0, 0.1) is 5.92 Å². The molecule has 1 aliphatic carbocycles. The van der Waals surface area contributed by atoms with E-state index >= 15 is 0 Å². The molecule has 0 fully saturated rings. The van der Waals surface area contributed by atoms with E-state index in [1.54, 1.807) is 6.07 Å². The van der Waals surface area contributed by atoms with E-state index in [4.69, 9.17) is 9.47 Å². The summed E-state index contributed by atoms with van der Waals surface area (Å²) in [5.74, 6) is 1.19. The fraction of sp³-hybridized carbons (Fsp3) is 0.609. The summed E-state index contributed by atoms with van der Waals surface area (Å²) in [7, 11) is 0. The Morgan fingerprint density at radius 3 is 2.74 bits per heavy atom. The highest BCUT2D eigenvalue weighted by Gasteiger charge is 2.46. The number of phenols is 1. The Hall–Kier alpha value is -1.97. The first kappa shape index (κ1) is 19.8. The van der Waals surface area contributed by atoms with Crippen molar-refractivity contribution in [3.05, 3.63) is 34.9 Å². The number of carbonyl (C=O) groups is 1. The molecular weight excluding hydrogens is 340 g/mol. The van der Waals surface area contributed by atoms with Crippen LogP contribution in [0.1, 0.15) is 77.8 Å². The molecule has 0 saturated carbocycles. The summed E-state index contributed by atoms with van der Waals surface area (Å²) in [6, 6.07) is 3.65. The first-order valence-electron chi connectivity index (χ1n) is 9.97. The summed E-state index contributed by atoms with van der Waals surface area (Å²) in [5, 5.41) is 10.9. The van der Waals surface area contributed by atoms with Crippen LogP contribution in [-0.2, 0) is 14.9 Å². The van der Waals surface area contributed by atoms with Crippen LogP contribution in [0.3, 0.4) is 0 Å². The van der Waals surface area contributed by atoms with Crippen molar-refractivity contribution in [1.82, 2.24) is 0 Å². The number of rotatable bonds is 4. The smallest absolute Gasteiger partial charge is 0.315 e. The van der Waals surface area contributed by atoms with Gasteiger partial charge in [0.25, 0.3) is 0 Å². The van der Waals surface area contributed by atoms with E-state index in [0.717, 1.165) is 30.4 Å². The van der Waals surface area contributed by atoms with Crippen molar-refractivity contribution in [2.75, 3.05) is 6.61 Å². The van der Waals surface area contributed by atoms with Gasteiger partial charge in [0.15, 0.2) is 0 Å². The summed E-state index contributed by atoms with van der Waals surface area (Å²) >= 11 is 0. The van der Waals surface area contributed by atoms with Crippen LogP contribution in [-0.4, -0.2) is 23.3 Å². The molecule has 148 valence electrons. The molecular formula is C23H32O4. The van der Waals surface area contributed by atoms with Crippen molar-refractivity contribution in [3.8, 4) is 11.5 Å². The third-order valence-corrected chi connectivity index (χ3v) is 6.17. The summed E-state index contributed by atoms with van der Waals surface area (Å²) in [5.41, 5.74) is 1.78. The molecule has 4 nitrogen and oxygen atoms in total. The highest BCUT2D eigenvalue weighted by Crippen LogP contribution is 2.54. The maximum Gasteiger partial charge on any atom is 0.315 e. The topological polar surface area (TPSA) is 55.8 Å². The van der Waals surface area contributed by atoms with Gasteiger partial charge in [-0.1, -0.05) is 18.6 Å². The van der Waals surface area contributed by atoms with E-state index in [1.165, 1.54) is 5.57 Å². The average Bonchev–Trinajstić information content (AvgIpc) is 2.58. The molecule has 2 aliphatic rings. The van der Waals surface area contributed by atoms with Gasteiger partial charge < -0.3 is 14.6 Å². The summed E-state index contributed by atoms with van der Waals surface area (Å²) in [6.07, 6.45) is 4.96. The van der Waals surface area contributed by atoms with Crippen LogP contribution < -0.4 is 4.74 Å². The summed E-state index contributed by atoms with van der Waals surface area (Å²) < 4.78 is 11.7. The molecule has 0 saturated heterocycles. The zero-order valence-corrected chi connectivity index (χ0v) is 17.4. The number of carbonyl (C=O) groups excluding carboxylic acids is 1. The van der Waals surface area contributed by atoms with Gasteiger partial charge in [0.1, 0.15) is 17.1 Å². The molecule has 2 atom stereocenters. The molecule has 1 aromatic rings. The van der Waals surface area contributed by atoms with Crippen LogP contribution in [0.25, 0.3) is 0 Å². The van der Waals surface area contributed by atoms with E-state index in [9.17, 15) is 9.90 Å². The quantitative estimate of drug-likeness (QED) is 0.580. The highest BCUT2D eigenvalue weighted by molar-refractivity contribution is 5.82. The molecule has 0 aromatic heterocycles. The summed E-state index contributed by atoms with van der Waals surface area (Å²) in [4.78, 5) is 12.5. The van der Waals surface area contributed by atoms with E-state index in [1.807, 2.05) is 26.8 Å². The Morgan fingerprint density at radius 1 is 1.37 bits per heavy atom. The second kappa shape index (κ2) is 6.88. The van der Waals surface area contributed by atoms with Gasteiger partial charge in [0.05, 0.1) is 12.0 Å². The normalized spacial score (nSPS) is 23.6. The number of allylic oxidation sites excluding steroid dienone is 2. The maximum atomic E-state index is 12.5. The molecule has 4 heteroatoms. The minimum absolute atomic E-state index is 0.221. The highest BCUT2D eigenvalue weighted by atomic mass is 16.5. The molecule has 1 N–H and O–H groups in total. The van der Waals surface area contributed by atoms with Crippen molar-refractivity contribution in [2.24, 2.45) is 5.92 Å². The Kier molecular flexibility index (Phi) is 5.04. The second-order valence-electron chi connectivity index (χ2n) is 9.08. The lowest BCUT2D eigenvalue weighted by atomic mass is 9.67. The largest absolute Gasteiger partial charge is 0.508 e. The fourth-order valence-corrected chi connectivity index (χ4v) is 4.42. The molecule has 3 rings (SSSR count). The van der Waals surface area contributed by atoms with Gasteiger partial charge in [-0.25, -0.2) is 0 Å². The minimum atomic E-state index is -0.853. The molecule has 0 amide bonds. The van der Waals surface area contributed by atoms with Crippen LogP contribution >= 0.6 is 0 Å². The molecule has 1 heterocycles. The molecule has 27 heavy (non-hydrogen) atoms. The van der Waals surface area contributed by atoms with Crippen molar-refractivity contribution in [3.63, 3.8) is 0 Å². The fourth-order valence-electron chi connectivity index (χ4n) is 4.42. The number of aromatic hydroxyl groups is 1. The van der Waals surface area contributed by atoms with Gasteiger partial charge in [-0.15, -0.1) is 0 Å². The van der Waals surface area contributed by atoms with E-state index < -0.39 is 5.41 Å². The average molecular weight is 373 g/mol. The molecule has 0 bridgehead atoms.